The maximum Gasteiger partial charge on any atom is 0.122 e. The monoisotopic (exact) mass is 366 g/mol. The van der Waals surface area contributed by atoms with E-state index < -0.39 is 6.10 Å². The van der Waals surface area contributed by atoms with Crippen LogP contribution in [0.2, 0.25) is 5.02 Å². The standard InChI is InChI=1S/C17H16BrClO2/c18-15-6-5-12(19)10-14(15)16(20)9-11-7-8-21-17-4-2-1-3-13(11)17/h1-6,10-11,16,20H,7-9H2. The highest BCUT2D eigenvalue weighted by molar-refractivity contribution is 9.10. The van der Waals surface area contributed by atoms with Crippen LogP contribution >= 0.6 is 27.5 Å². The summed E-state index contributed by atoms with van der Waals surface area (Å²) in [5.41, 5.74) is 2.02. The minimum Gasteiger partial charge on any atom is -0.493 e. The summed E-state index contributed by atoms with van der Waals surface area (Å²) in [6.07, 6.45) is 1.04. The van der Waals surface area contributed by atoms with E-state index in [4.69, 9.17) is 16.3 Å². The topological polar surface area (TPSA) is 29.5 Å². The van der Waals surface area contributed by atoms with E-state index in [1.165, 1.54) is 5.56 Å². The third-order valence-corrected chi connectivity index (χ3v) is 4.86. The summed E-state index contributed by atoms with van der Waals surface area (Å²) >= 11 is 9.52. The highest BCUT2D eigenvalue weighted by Crippen LogP contribution is 2.40. The van der Waals surface area contributed by atoms with Crippen molar-refractivity contribution < 1.29 is 9.84 Å². The summed E-state index contributed by atoms with van der Waals surface area (Å²) in [4.78, 5) is 0. The number of rotatable bonds is 3. The summed E-state index contributed by atoms with van der Waals surface area (Å²) in [6, 6.07) is 13.6. The molecule has 0 aromatic heterocycles. The van der Waals surface area contributed by atoms with Gasteiger partial charge in [0.05, 0.1) is 12.7 Å². The summed E-state index contributed by atoms with van der Waals surface area (Å²) in [7, 11) is 0. The Morgan fingerprint density at radius 3 is 2.95 bits per heavy atom. The van der Waals surface area contributed by atoms with Crippen molar-refractivity contribution >= 4 is 27.5 Å². The largest absolute Gasteiger partial charge is 0.493 e. The Morgan fingerprint density at radius 2 is 2.10 bits per heavy atom. The lowest BCUT2D eigenvalue weighted by Crippen LogP contribution is -2.16. The number of aliphatic hydroxyl groups excluding tert-OH is 1. The normalized spacial score (nSPS) is 18.7. The second kappa shape index (κ2) is 6.39. The number of hydrogen-bond acceptors (Lipinski definition) is 2. The molecule has 0 amide bonds. The lowest BCUT2D eigenvalue weighted by atomic mass is 9.86. The number of para-hydroxylation sites is 1. The summed E-state index contributed by atoms with van der Waals surface area (Å²) in [5.74, 6) is 1.24. The zero-order valence-electron chi connectivity index (χ0n) is 11.4. The van der Waals surface area contributed by atoms with Gasteiger partial charge in [-0.3, -0.25) is 0 Å². The summed E-state index contributed by atoms with van der Waals surface area (Å²) in [6.45, 7) is 0.700. The summed E-state index contributed by atoms with van der Waals surface area (Å²) in [5, 5.41) is 11.2. The molecular weight excluding hydrogens is 352 g/mol. The fraction of sp³-hybridized carbons (Fsp3) is 0.294. The Kier molecular flexibility index (Phi) is 4.53. The van der Waals surface area contributed by atoms with Crippen molar-refractivity contribution in [1.82, 2.24) is 0 Å². The second-order valence-corrected chi connectivity index (χ2v) is 6.58. The Balaban J connectivity index is 1.82. The van der Waals surface area contributed by atoms with E-state index in [1.54, 1.807) is 0 Å². The van der Waals surface area contributed by atoms with Crippen molar-refractivity contribution in [1.29, 1.82) is 0 Å². The lowest BCUT2D eigenvalue weighted by molar-refractivity contribution is 0.144. The van der Waals surface area contributed by atoms with Crippen LogP contribution in [0.15, 0.2) is 46.9 Å². The molecule has 110 valence electrons. The number of hydrogen-bond donors (Lipinski definition) is 1. The molecular formula is C17H16BrClO2. The first-order valence-corrected chi connectivity index (χ1v) is 8.17. The minimum absolute atomic E-state index is 0.302. The number of ether oxygens (including phenoxy) is 1. The van der Waals surface area contributed by atoms with Crippen molar-refractivity contribution in [3.63, 3.8) is 0 Å². The van der Waals surface area contributed by atoms with Gasteiger partial charge in [-0.2, -0.15) is 0 Å². The summed E-state index contributed by atoms with van der Waals surface area (Å²) < 4.78 is 6.56. The highest BCUT2D eigenvalue weighted by Gasteiger charge is 2.25. The molecule has 4 heteroatoms. The molecule has 3 rings (SSSR count). The van der Waals surface area contributed by atoms with Crippen LogP contribution < -0.4 is 4.74 Å². The fourth-order valence-electron chi connectivity index (χ4n) is 2.83. The first-order valence-electron chi connectivity index (χ1n) is 7.00. The molecule has 2 atom stereocenters. The number of halogens is 2. The van der Waals surface area contributed by atoms with Crippen molar-refractivity contribution in [2.75, 3.05) is 6.61 Å². The van der Waals surface area contributed by atoms with Crippen LogP contribution in [-0.2, 0) is 0 Å². The molecule has 2 nitrogen and oxygen atoms in total. The Morgan fingerprint density at radius 1 is 1.29 bits per heavy atom. The third kappa shape index (κ3) is 3.25. The van der Waals surface area contributed by atoms with Gasteiger partial charge in [-0.05, 0) is 54.2 Å². The predicted octanol–water partition coefficient (Wildman–Crippen LogP) is 5.09. The Bertz CT molecular complexity index is 644. The molecule has 1 aliphatic rings. The molecule has 1 heterocycles. The molecule has 1 aliphatic heterocycles. The van der Waals surface area contributed by atoms with Crippen molar-refractivity contribution in [2.24, 2.45) is 0 Å². The van der Waals surface area contributed by atoms with Gasteiger partial charge in [0.25, 0.3) is 0 Å². The first kappa shape index (κ1) is 14.9. The molecule has 0 fully saturated rings. The maximum atomic E-state index is 10.6. The fourth-order valence-corrected chi connectivity index (χ4v) is 3.52. The first-order chi connectivity index (χ1) is 10.1. The molecule has 0 saturated carbocycles. The SMILES string of the molecule is OC(CC1CCOc2ccccc21)c1cc(Cl)ccc1Br. The maximum absolute atomic E-state index is 10.6. The van der Waals surface area contributed by atoms with Crippen LogP contribution in [0.1, 0.15) is 36.0 Å². The molecule has 2 aromatic carbocycles. The second-order valence-electron chi connectivity index (χ2n) is 5.29. The van der Waals surface area contributed by atoms with E-state index in [2.05, 4.69) is 22.0 Å². The van der Waals surface area contributed by atoms with Gasteiger partial charge in [0, 0.05) is 9.50 Å². The van der Waals surface area contributed by atoms with Crippen LogP contribution in [-0.4, -0.2) is 11.7 Å². The smallest absolute Gasteiger partial charge is 0.122 e. The third-order valence-electron chi connectivity index (χ3n) is 3.91. The van der Waals surface area contributed by atoms with Crippen LogP contribution in [0.5, 0.6) is 5.75 Å². The van der Waals surface area contributed by atoms with Crippen molar-refractivity contribution in [3.8, 4) is 5.75 Å². The minimum atomic E-state index is -0.547. The van der Waals surface area contributed by atoms with Gasteiger partial charge in [-0.1, -0.05) is 45.7 Å². The predicted molar refractivity (Wildman–Crippen MR) is 88.0 cm³/mol. The molecule has 1 N–H and O–H groups in total. The molecule has 0 spiro atoms. The van der Waals surface area contributed by atoms with Gasteiger partial charge in [0.1, 0.15) is 5.75 Å². The number of benzene rings is 2. The molecule has 0 radical (unpaired) electrons. The molecule has 0 aliphatic carbocycles. The zero-order chi connectivity index (χ0) is 14.8. The van der Waals surface area contributed by atoms with Gasteiger partial charge in [0.15, 0.2) is 0 Å². The Hall–Kier alpha value is -1.03. The van der Waals surface area contributed by atoms with Crippen LogP contribution in [0.4, 0.5) is 0 Å². The molecule has 2 aromatic rings. The van der Waals surface area contributed by atoms with Gasteiger partial charge in [-0.15, -0.1) is 0 Å². The van der Waals surface area contributed by atoms with Gasteiger partial charge in [-0.25, -0.2) is 0 Å². The van der Waals surface area contributed by atoms with Crippen LogP contribution in [0.3, 0.4) is 0 Å². The average molecular weight is 368 g/mol. The number of aliphatic hydroxyl groups is 1. The lowest BCUT2D eigenvalue weighted by Gasteiger charge is -2.27. The van der Waals surface area contributed by atoms with Crippen molar-refractivity contribution in [3.05, 3.63) is 63.1 Å². The number of fused-ring (bicyclic) bond motifs is 1. The van der Waals surface area contributed by atoms with E-state index in [9.17, 15) is 5.11 Å². The van der Waals surface area contributed by atoms with E-state index in [-0.39, 0.29) is 0 Å². The molecule has 2 unspecified atom stereocenters. The van der Waals surface area contributed by atoms with E-state index in [0.29, 0.717) is 24.0 Å². The van der Waals surface area contributed by atoms with E-state index in [0.717, 1.165) is 22.2 Å². The Labute approximate surface area is 137 Å². The van der Waals surface area contributed by atoms with Gasteiger partial charge >= 0.3 is 0 Å². The van der Waals surface area contributed by atoms with E-state index >= 15 is 0 Å². The zero-order valence-corrected chi connectivity index (χ0v) is 13.8. The van der Waals surface area contributed by atoms with Crippen molar-refractivity contribution in [2.45, 2.75) is 24.9 Å². The van der Waals surface area contributed by atoms with Crippen LogP contribution in [0.25, 0.3) is 0 Å². The van der Waals surface area contributed by atoms with Crippen LogP contribution in [0, 0.1) is 0 Å². The van der Waals surface area contributed by atoms with E-state index in [1.807, 2.05) is 36.4 Å². The van der Waals surface area contributed by atoms with Gasteiger partial charge in [0.2, 0.25) is 0 Å². The molecule has 0 bridgehead atoms. The quantitative estimate of drug-likeness (QED) is 0.818. The molecule has 21 heavy (non-hydrogen) atoms. The molecule has 0 saturated heterocycles. The highest BCUT2D eigenvalue weighted by atomic mass is 79.9. The average Bonchev–Trinajstić information content (AvgIpc) is 2.50. The van der Waals surface area contributed by atoms with Gasteiger partial charge < -0.3 is 9.84 Å².